The molecule has 0 heterocycles. The summed E-state index contributed by atoms with van der Waals surface area (Å²) in [5.41, 5.74) is 0.210. The lowest BCUT2D eigenvalue weighted by Crippen LogP contribution is -2.19. The van der Waals surface area contributed by atoms with Crippen LogP contribution in [0.25, 0.3) is 0 Å². The normalized spacial score (nSPS) is 10.0. The maximum Gasteiger partial charge on any atom is 0.344 e. The second-order valence-corrected chi connectivity index (χ2v) is 5.19. The third-order valence-corrected chi connectivity index (χ3v) is 3.47. The molecule has 0 unspecified atom stereocenters. The summed E-state index contributed by atoms with van der Waals surface area (Å²) >= 11 is 0. The standard InChI is InChI=1S/C18H17NO8/c1-24-16-8-3-12(9-17(16)25-2)15(20)10-27-18(21)11-26-14-6-4-13(5-7-14)19(22)23/h3-9H,10-11H2,1-2H3. The number of ether oxygens (including phenoxy) is 4. The molecule has 0 aliphatic carbocycles. The first kappa shape index (κ1) is 19.7. The van der Waals surface area contributed by atoms with Crippen LogP contribution in [0.5, 0.6) is 17.2 Å². The summed E-state index contributed by atoms with van der Waals surface area (Å²) in [5.74, 6) is -0.0377. The zero-order chi connectivity index (χ0) is 19.8. The highest BCUT2D eigenvalue weighted by Gasteiger charge is 2.14. The molecule has 0 atom stereocenters. The van der Waals surface area contributed by atoms with Crippen molar-refractivity contribution in [3.63, 3.8) is 0 Å². The average Bonchev–Trinajstić information content (AvgIpc) is 2.70. The molecule has 0 aliphatic heterocycles. The van der Waals surface area contributed by atoms with E-state index in [-0.39, 0.29) is 11.4 Å². The molecule has 2 rings (SSSR count). The molecule has 9 nitrogen and oxygen atoms in total. The van der Waals surface area contributed by atoms with Crippen LogP contribution in [0.3, 0.4) is 0 Å². The molecule has 27 heavy (non-hydrogen) atoms. The number of rotatable bonds is 9. The molecule has 0 spiro atoms. The number of non-ortho nitro benzene ring substituents is 1. The van der Waals surface area contributed by atoms with Crippen LogP contribution in [0.1, 0.15) is 10.4 Å². The minimum Gasteiger partial charge on any atom is -0.493 e. The number of hydrogen-bond acceptors (Lipinski definition) is 8. The van der Waals surface area contributed by atoms with E-state index in [4.69, 9.17) is 18.9 Å². The highest BCUT2D eigenvalue weighted by Crippen LogP contribution is 2.27. The van der Waals surface area contributed by atoms with E-state index in [1.54, 1.807) is 6.07 Å². The summed E-state index contributed by atoms with van der Waals surface area (Å²) in [6, 6.07) is 9.82. The van der Waals surface area contributed by atoms with Gasteiger partial charge in [-0.3, -0.25) is 14.9 Å². The van der Waals surface area contributed by atoms with Gasteiger partial charge in [-0.05, 0) is 30.3 Å². The highest BCUT2D eigenvalue weighted by atomic mass is 16.6. The third kappa shape index (κ3) is 5.43. The van der Waals surface area contributed by atoms with Crippen molar-refractivity contribution in [2.45, 2.75) is 0 Å². The Morgan fingerprint density at radius 3 is 2.22 bits per heavy atom. The lowest BCUT2D eigenvalue weighted by Gasteiger charge is -2.09. The number of ketones is 1. The third-order valence-electron chi connectivity index (χ3n) is 3.47. The van der Waals surface area contributed by atoms with Gasteiger partial charge in [-0.15, -0.1) is 0 Å². The number of carbonyl (C=O) groups is 2. The molecule has 0 saturated heterocycles. The molecule has 0 aromatic heterocycles. The SMILES string of the molecule is COc1ccc(C(=O)COC(=O)COc2ccc([N+](=O)[O-])cc2)cc1OC. The molecule has 0 amide bonds. The Labute approximate surface area is 154 Å². The molecule has 9 heteroatoms. The monoisotopic (exact) mass is 375 g/mol. The second-order valence-electron chi connectivity index (χ2n) is 5.19. The van der Waals surface area contributed by atoms with Crippen LogP contribution in [0.4, 0.5) is 5.69 Å². The van der Waals surface area contributed by atoms with E-state index < -0.39 is 29.9 Å². The zero-order valence-electron chi connectivity index (χ0n) is 14.7. The minimum absolute atomic E-state index is 0.0922. The zero-order valence-corrected chi connectivity index (χ0v) is 14.7. The predicted octanol–water partition coefficient (Wildman–Crippen LogP) is 2.42. The van der Waals surface area contributed by atoms with E-state index in [2.05, 4.69) is 0 Å². The van der Waals surface area contributed by atoms with E-state index in [0.29, 0.717) is 17.1 Å². The first-order valence-corrected chi connectivity index (χ1v) is 7.72. The summed E-state index contributed by atoms with van der Waals surface area (Å²) in [7, 11) is 2.92. The minimum atomic E-state index is -0.748. The lowest BCUT2D eigenvalue weighted by molar-refractivity contribution is -0.384. The molecule has 0 N–H and O–H groups in total. The van der Waals surface area contributed by atoms with E-state index in [0.717, 1.165) is 0 Å². The Morgan fingerprint density at radius 2 is 1.63 bits per heavy atom. The Morgan fingerprint density at radius 1 is 0.963 bits per heavy atom. The van der Waals surface area contributed by atoms with Crippen LogP contribution in [0.2, 0.25) is 0 Å². The first-order chi connectivity index (χ1) is 12.9. The van der Waals surface area contributed by atoms with Crippen LogP contribution in [-0.2, 0) is 9.53 Å². The van der Waals surface area contributed by atoms with E-state index >= 15 is 0 Å². The number of carbonyl (C=O) groups excluding carboxylic acids is 2. The van der Waals surface area contributed by atoms with Gasteiger partial charge < -0.3 is 18.9 Å². The van der Waals surface area contributed by atoms with Gasteiger partial charge in [0.25, 0.3) is 5.69 Å². The van der Waals surface area contributed by atoms with Gasteiger partial charge in [-0.2, -0.15) is 0 Å². The quantitative estimate of drug-likeness (QED) is 0.284. The van der Waals surface area contributed by atoms with Gasteiger partial charge in [-0.1, -0.05) is 0 Å². The second kappa shape index (κ2) is 9.18. The molecule has 0 radical (unpaired) electrons. The van der Waals surface area contributed by atoms with E-state index in [1.807, 2.05) is 0 Å². The van der Waals surface area contributed by atoms with Crippen LogP contribution in [0.15, 0.2) is 42.5 Å². The molecule has 142 valence electrons. The molecule has 2 aromatic carbocycles. The van der Waals surface area contributed by atoms with Crippen molar-refractivity contribution >= 4 is 17.4 Å². The smallest absolute Gasteiger partial charge is 0.344 e. The van der Waals surface area contributed by atoms with Crippen molar-refractivity contribution in [1.82, 2.24) is 0 Å². The van der Waals surface area contributed by atoms with Crippen LogP contribution >= 0.6 is 0 Å². The fourth-order valence-corrected chi connectivity index (χ4v) is 2.09. The summed E-state index contributed by atoms with van der Waals surface area (Å²) in [6.07, 6.45) is 0. The van der Waals surface area contributed by atoms with Crippen LogP contribution in [-0.4, -0.2) is 44.1 Å². The van der Waals surface area contributed by atoms with Crippen molar-refractivity contribution in [2.75, 3.05) is 27.4 Å². The van der Waals surface area contributed by atoms with Gasteiger partial charge >= 0.3 is 5.97 Å². The van der Waals surface area contributed by atoms with E-state index in [9.17, 15) is 19.7 Å². The fraction of sp³-hybridized carbons (Fsp3) is 0.222. The molecule has 0 bridgehead atoms. The van der Waals surface area contributed by atoms with Crippen molar-refractivity contribution in [3.05, 3.63) is 58.1 Å². The predicted molar refractivity (Wildman–Crippen MR) is 93.4 cm³/mol. The Hall–Kier alpha value is -3.62. The Bertz CT molecular complexity index is 832. The van der Waals surface area contributed by atoms with Crippen molar-refractivity contribution in [2.24, 2.45) is 0 Å². The molecular formula is C18H17NO8. The number of nitrogens with zero attached hydrogens (tertiary/aromatic N) is 1. The van der Waals surface area contributed by atoms with E-state index in [1.165, 1.54) is 50.6 Å². The number of hydrogen-bond donors (Lipinski definition) is 0. The van der Waals surface area contributed by atoms with Gasteiger partial charge in [0.1, 0.15) is 5.75 Å². The molecule has 0 saturated carbocycles. The van der Waals surface area contributed by atoms with Gasteiger partial charge in [-0.25, -0.2) is 4.79 Å². The maximum absolute atomic E-state index is 12.1. The molecule has 0 fully saturated rings. The van der Waals surface area contributed by atoms with Gasteiger partial charge in [0.15, 0.2) is 30.5 Å². The molecule has 0 aliphatic rings. The van der Waals surface area contributed by atoms with Crippen LogP contribution < -0.4 is 14.2 Å². The number of benzene rings is 2. The number of Topliss-reactive ketones (excluding diaryl/α,β-unsaturated/α-hetero) is 1. The Balaban J connectivity index is 1.84. The van der Waals surface area contributed by atoms with Gasteiger partial charge in [0, 0.05) is 17.7 Å². The summed E-state index contributed by atoms with van der Waals surface area (Å²) in [6.45, 7) is -0.894. The summed E-state index contributed by atoms with van der Waals surface area (Å²) in [4.78, 5) is 33.8. The first-order valence-electron chi connectivity index (χ1n) is 7.72. The number of nitro benzene ring substituents is 1. The highest BCUT2D eigenvalue weighted by molar-refractivity contribution is 5.98. The number of methoxy groups -OCH3 is 2. The Kier molecular flexibility index (Phi) is 6.70. The fourth-order valence-electron chi connectivity index (χ4n) is 2.09. The molecule has 2 aromatic rings. The van der Waals surface area contributed by atoms with Gasteiger partial charge in [0.05, 0.1) is 19.1 Å². The van der Waals surface area contributed by atoms with Crippen molar-refractivity contribution in [3.8, 4) is 17.2 Å². The lowest BCUT2D eigenvalue weighted by atomic mass is 10.1. The number of nitro groups is 1. The van der Waals surface area contributed by atoms with Gasteiger partial charge in [0.2, 0.25) is 0 Å². The maximum atomic E-state index is 12.1. The van der Waals surface area contributed by atoms with Crippen LogP contribution in [0, 0.1) is 10.1 Å². The summed E-state index contributed by atoms with van der Waals surface area (Å²) in [5, 5.41) is 10.6. The average molecular weight is 375 g/mol. The number of esters is 1. The van der Waals surface area contributed by atoms with Crippen molar-refractivity contribution in [1.29, 1.82) is 0 Å². The summed E-state index contributed by atoms with van der Waals surface area (Å²) < 4.78 is 20.2. The molecular weight excluding hydrogens is 358 g/mol. The largest absolute Gasteiger partial charge is 0.493 e. The topological polar surface area (TPSA) is 114 Å². The van der Waals surface area contributed by atoms with Crippen molar-refractivity contribution < 1.29 is 33.5 Å².